The molecule has 0 amide bonds. The Morgan fingerprint density at radius 1 is 1.19 bits per heavy atom. The van der Waals surface area contributed by atoms with Crippen LogP contribution in [0.3, 0.4) is 0 Å². The van der Waals surface area contributed by atoms with Gasteiger partial charge in [-0.3, -0.25) is 4.79 Å². The summed E-state index contributed by atoms with van der Waals surface area (Å²) in [4.78, 5) is 15.6. The van der Waals surface area contributed by atoms with E-state index in [-0.39, 0.29) is 10.8 Å². The van der Waals surface area contributed by atoms with Gasteiger partial charge in [-0.15, -0.1) is 11.3 Å². The zero-order chi connectivity index (χ0) is 19.6. The van der Waals surface area contributed by atoms with Gasteiger partial charge in [0.15, 0.2) is 5.25 Å². The predicted molar refractivity (Wildman–Crippen MR) is 101 cm³/mol. The third kappa shape index (κ3) is 5.87. The summed E-state index contributed by atoms with van der Waals surface area (Å²) in [6.45, 7) is 2.05. The molecular weight excluding hydrogens is 376 g/mol. The van der Waals surface area contributed by atoms with Gasteiger partial charge in [0.25, 0.3) is 0 Å². The smallest absolute Gasteiger partial charge is 0.322 e. The topological polar surface area (TPSA) is 131 Å². The Hall–Kier alpha value is -1.81. The Labute approximate surface area is 157 Å². The van der Waals surface area contributed by atoms with E-state index in [1.165, 1.54) is 0 Å². The molecule has 1 unspecified atom stereocenters. The molecule has 9 heteroatoms. The molecule has 2 aromatic rings. The second kappa shape index (κ2) is 11.0. The number of nitrogens with zero attached hydrogens (tertiary/aromatic N) is 1. The fourth-order valence-electron chi connectivity index (χ4n) is 2.42. The summed E-state index contributed by atoms with van der Waals surface area (Å²) in [6.07, 6.45) is 3.53. The van der Waals surface area contributed by atoms with E-state index in [1.807, 2.05) is 37.3 Å². The minimum absolute atomic E-state index is 0.121. The highest BCUT2D eigenvalue weighted by Crippen LogP contribution is 2.28. The van der Waals surface area contributed by atoms with Crippen molar-refractivity contribution in [1.29, 1.82) is 0 Å². The maximum absolute atomic E-state index is 12.6. The Morgan fingerprint density at radius 3 is 2.42 bits per heavy atom. The van der Waals surface area contributed by atoms with Gasteiger partial charge in [-0.1, -0.05) is 62.9 Å². The van der Waals surface area contributed by atoms with Crippen LogP contribution in [0.4, 0.5) is 0 Å². The molecule has 4 N–H and O–H groups in total. The van der Waals surface area contributed by atoms with E-state index in [9.17, 15) is 18.3 Å². The maximum Gasteiger partial charge on any atom is 0.322 e. The van der Waals surface area contributed by atoms with Gasteiger partial charge >= 0.3 is 5.97 Å². The lowest BCUT2D eigenvalue weighted by Crippen LogP contribution is -2.30. The number of nitrogens with two attached hydrogens (primary N) is 1. The van der Waals surface area contributed by atoms with Gasteiger partial charge in [0.1, 0.15) is 0 Å². The Bertz CT molecular complexity index is 775. The van der Waals surface area contributed by atoms with Crippen LogP contribution in [0.15, 0.2) is 40.1 Å². The Morgan fingerprint density at radius 2 is 1.85 bits per heavy atom. The van der Waals surface area contributed by atoms with E-state index >= 15 is 0 Å². The second-order valence-electron chi connectivity index (χ2n) is 5.59. The predicted octanol–water partition coefficient (Wildman–Crippen LogP) is 3.34. The Kier molecular flexibility index (Phi) is 9.42. The number of unbranched alkanes of at least 4 members (excludes halogenated alkanes) is 3. The van der Waals surface area contributed by atoms with E-state index < -0.39 is 21.1 Å². The molecule has 0 aliphatic carbocycles. The number of hydrogen-bond acceptors (Lipinski definition) is 7. The fraction of sp³-hybridized carbons (Fsp3) is 0.412. The van der Waals surface area contributed by atoms with Crippen LogP contribution in [-0.4, -0.2) is 34.9 Å². The molecule has 0 bridgehead atoms. The fourth-order valence-corrected chi connectivity index (χ4v) is 5.21. The van der Waals surface area contributed by atoms with Crippen LogP contribution in [0.25, 0.3) is 11.3 Å². The number of thiazole rings is 1. The van der Waals surface area contributed by atoms with Crippen molar-refractivity contribution in [3.63, 3.8) is 0 Å². The van der Waals surface area contributed by atoms with Crippen molar-refractivity contribution < 1.29 is 23.5 Å². The van der Waals surface area contributed by atoms with Gasteiger partial charge in [0, 0.05) is 10.9 Å². The molecule has 0 radical (unpaired) electrons. The first-order chi connectivity index (χ1) is 12.5. The number of hydrogen-bond donors (Lipinski definition) is 3. The molecule has 2 rings (SSSR count). The van der Waals surface area contributed by atoms with Crippen molar-refractivity contribution in [2.75, 3.05) is 0 Å². The second-order valence-corrected chi connectivity index (χ2v) is 8.75. The lowest BCUT2D eigenvalue weighted by molar-refractivity contribution is -0.136. The SMILES string of the molecule is CCCCCCC(C(=O)O)S(=O)(=O)c1nc(-c2ccccc2)cs1.NO. The van der Waals surface area contributed by atoms with Crippen LogP contribution in [-0.2, 0) is 14.6 Å². The highest BCUT2D eigenvalue weighted by Gasteiger charge is 2.35. The van der Waals surface area contributed by atoms with Crippen LogP contribution >= 0.6 is 11.3 Å². The van der Waals surface area contributed by atoms with Crippen LogP contribution in [0.1, 0.15) is 39.0 Å². The number of rotatable bonds is 9. The summed E-state index contributed by atoms with van der Waals surface area (Å²) in [7, 11) is -3.97. The molecular formula is C17H24N2O5S2. The number of carboxylic acids is 1. The molecule has 26 heavy (non-hydrogen) atoms. The minimum atomic E-state index is -3.97. The standard InChI is InChI=1S/C17H21NO4S2.H3NO/c1-2-3-4-8-11-15(16(19)20)24(21,22)17-18-14(12-23-17)13-9-6-5-7-10-13;1-2/h5-7,9-10,12,15H,2-4,8,11H2,1H3,(H,19,20);2H,1H2. The lowest BCUT2D eigenvalue weighted by Gasteiger charge is -2.11. The zero-order valence-corrected chi connectivity index (χ0v) is 16.2. The van der Waals surface area contributed by atoms with Crippen LogP contribution < -0.4 is 5.90 Å². The Balaban J connectivity index is 0.00000163. The number of aromatic nitrogens is 1. The molecule has 0 spiro atoms. The third-order valence-corrected chi connectivity index (χ3v) is 7.15. The lowest BCUT2D eigenvalue weighted by atomic mass is 10.1. The first-order valence-corrected chi connectivity index (χ1v) is 10.6. The summed E-state index contributed by atoms with van der Waals surface area (Å²) in [6, 6.07) is 9.23. The minimum Gasteiger partial charge on any atom is -0.480 e. The molecule has 144 valence electrons. The van der Waals surface area contributed by atoms with Crippen molar-refractivity contribution in [2.24, 2.45) is 5.90 Å². The third-order valence-electron chi connectivity index (χ3n) is 3.77. The van der Waals surface area contributed by atoms with Crippen molar-refractivity contribution >= 4 is 27.1 Å². The average molecular weight is 401 g/mol. The monoisotopic (exact) mass is 400 g/mol. The number of sulfone groups is 1. The van der Waals surface area contributed by atoms with E-state index in [0.29, 0.717) is 12.1 Å². The van der Waals surface area contributed by atoms with Crippen molar-refractivity contribution in [3.05, 3.63) is 35.7 Å². The van der Waals surface area contributed by atoms with E-state index in [4.69, 9.17) is 5.21 Å². The first kappa shape index (κ1) is 22.2. The molecule has 0 aliphatic rings. The first-order valence-electron chi connectivity index (χ1n) is 8.20. The summed E-state index contributed by atoms with van der Waals surface area (Å²) in [5.74, 6) is 2.20. The number of aliphatic carboxylic acids is 1. The van der Waals surface area contributed by atoms with Crippen molar-refractivity contribution in [3.8, 4) is 11.3 Å². The van der Waals surface area contributed by atoms with Gasteiger partial charge < -0.3 is 10.3 Å². The quantitative estimate of drug-likeness (QED) is 0.434. The average Bonchev–Trinajstić information content (AvgIpc) is 3.14. The summed E-state index contributed by atoms with van der Waals surface area (Å²) in [5.41, 5.74) is 1.36. The molecule has 1 aromatic carbocycles. The molecule has 0 aliphatic heterocycles. The highest BCUT2D eigenvalue weighted by atomic mass is 32.2. The van der Waals surface area contributed by atoms with Gasteiger partial charge in [0.05, 0.1) is 5.69 Å². The summed E-state index contributed by atoms with van der Waals surface area (Å²) in [5, 5.41) is 16.1. The van der Waals surface area contributed by atoms with Crippen molar-refractivity contribution in [2.45, 2.75) is 48.6 Å². The van der Waals surface area contributed by atoms with E-state index in [0.717, 1.165) is 36.2 Å². The molecule has 0 saturated carbocycles. The van der Waals surface area contributed by atoms with Crippen LogP contribution in [0.5, 0.6) is 0 Å². The van der Waals surface area contributed by atoms with Gasteiger partial charge in [-0.05, 0) is 6.42 Å². The van der Waals surface area contributed by atoms with E-state index in [1.54, 1.807) is 5.38 Å². The molecule has 1 aromatic heterocycles. The number of carboxylic acid groups (broad SMARTS) is 1. The highest BCUT2D eigenvalue weighted by molar-refractivity contribution is 7.94. The zero-order valence-electron chi connectivity index (χ0n) is 14.5. The van der Waals surface area contributed by atoms with Gasteiger partial charge in [0.2, 0.25) is 14.2 Å². The number of carbonyl (C=O) groups is 1. The van der Waals surface area contributed by atoms with Crippen LogP contribution in [0.2, 0.25) is 0 Å². The molecule has 0 saturated heterocycles. The molecule has 1 heterocycles. The van der Waals surface area contributed by atoms with E-state index in [2.05, 4.69) is 10.9 Å². The summed E-state index contributed by atoms with van der Waals surface area (Å²) < 4.78 is 25.2. The number of benzene rings is 1. The van der Waals surface area contributed by atoms with Gasteiger partial charge in [-0.2, -0.15) is 0 Å². The summed E-state index contributed by atoms with van der Waals surface area (Å²) >= 11 is 0.978. The molecule has 0 fully saturated rings. The maximum atomic E-state index is 12.6. The normalized spacial score (nSPS) is 12.1. The molecule has 7 nitrogen and oxygen atoms in total. The van der Waals surface area contributed by atoms with Gasteiger partial charge in [-0.25, -0.2) is 19.3 Å². The molecule has 1 atom stereocenters. The van der Waals surface area contributed by atoms with Crippen molar-refractivity contribution in [1.82, 2.24) is 4.98 Å². The van der Waals surface area contributed by atoms with Crippen LogP contribution in [0, 0.1) is 0 Å². The largest absolute Gasteiger partial charge is 0.480 e.